The highest BCUT2D eigenvalue weighted by Gasteiger charge is 2.22. The van der Waals surface area contributed by atoms with Crippen LogP contribution in [0.25, 0.3) is 11.3 Å². The van der Waals surface area contributed by atoms with Gasteiger partial charge < -0.3 is 4.52 Å². The van der Waals surface area contributed by atoms with Crippen LogP contribution in [0.4, 0.5) is 0 Å². The van der Waals surface area contributed by atoms with Crippen LogP contribution >= 0.6 is 11.8 Å². The third-order valence-corrected chi connectivity index (χ3v) is 5.15. The van der Waals surface area contributed by atoms with Crippen LogP contribution in [0.15, 0.2) is 46.2 Å². The number of fused-ring (bicyclic) bond motifs is 1. The molecule has 3 aromatic rings. The average Bonchev–Trinajstić information content (AvgIpc) is 3.02. The molecule has 0 saturated carbocycles. The van der Waals surface area contributed by atoms with E-state index in [4.69, 9.17) is 4.52 Å². The lowest BCUT2D eigenvalue weighted by molar-refractivity contribution is 0.240. The summed E-state index contributed by atoms with van der Waals surface area (Å²) in [5, 5.41) is 5.14. The van der Waals surface area contributed by atoms with Gasteiger partial charge in [0, 0.05) is 48.9 Å². The fourth-order valence-electron chi connectivity index (χ4n) is 3.21. The smallest absolute Gasteiger partial charge is 0.187 e. The van der Waals surface area contributed by atoms with Crippen molar-refractivity contribution in [3.8, 4) is 11.3 Å². The molecule has 4 rings (SSSR count). The number of nitrogens with zero attached hydrogens (tertiary/aromatic N) is 4. The normalized spacial score (nSPS) is 14.5. The summed E-state index contributed by atoms with van der Waals surface area (Å²) in [7, 11) is 0. The molecule has 0 atom stereocenters. The maximum absolute atomic E-state index is 5.49. The second-order valence-electron chi connectivity index (χ2n) is 6.22. The van der Waals surface area contributed by atoms with Gasteiger partial charge in [-0.3, -0.25) is 4.90 Å². The summed E-state index contributed by atoms with van der Waals surface area (Å²) in [6, 6.07) is 10.2. The minimum atomic E-state index is 0.823. The maximum Gasteiger partial charge on any atom is 0.187 e. The number of thioether (sulfide) groups is 1. The quantitative estimate of drug-likeness (QED) is 0.527. The van der Waals surface area contributed by atoms with Crippen LogP contribution in [-0.2, 0) is 19.5 Å². The highest BCUT2D eigenvalue weighted by atomic mass is 32.2. The number of benzene rings is 1. The van der Waals surface area contributed by atoms with Gasteiger partial charge in [-0.25, -0.2) is 9.97 Å². The molecule has 0 amide bonds. The van der Waals surface area contributed by atoms with Crippen LogP contribution in [-0.4, -0.2) is 32.8 Å². The van der Waals surface area contributed by atoms with E-state index in [1.807, 2.05) is 37.6 Å². The molecule has 25 heavy (non-hydrogen) atoms. The molecule has 6 heteroatoms. The zero-order chi connectivity index (χ0) is 17.2. The van der Waals surface area contributed by atoms with Crippen molar-refractivity contribution in [1.29, 1.82) is 0 Å². The second-order valence-corrected chi connectivity index (χ2v) is 6.99. The minimum absolute atomic E-state index is 0.823. The molecule has 5 nitrogen and oxygen atoms in total. The molecule has 3 heterocycles. The Bertz CT molecular complexity index is 878. The topological polar surface area (TPSA) is 55.1 Å². The van der Waals surface area contributed by atoms with E-state index in [-0.39, 0.29) is 0 Å². The van der Waals surface area contributed by atoms with E-state index in [1.165, 1.54) is 11.3 Å². The fraction of sp³-hybridized carbons (Fsp3) is 0.316. The highest BCUT2D eigenvalue weighted by molar-refractivity contribution is 7.98. The van der Waals surface area contributed by atoms with Crippen molar-refractivity contribution in [3.63, 3.8) is 0 Å². The van der Waals surface area contributed by atoms with Gasteiger partial charge in [-0.15, -0.1) is 0 Å². The summed E-state index contributed by atoms with van der Waals surface area (Å²) in [5.41, 5.74) is 5.61. The lowest BCUT2D eigenvalue weighted by atomic mass is 10.0. The summed E-state index contributed by atoms with van der Waals surface area (Å²) >= 11 is 1.59. The molecule has 0 unspecified atom stereocenters. The van der Waals surface area contributed by atoms with Crippen molar-refractivity contribution in [1.82, 2.24) is 20.0 Å². The SMILES string of the molecule is CSc1ncc2c(n1)CCN(Cc1c(-c3ccccc3)noc1C)C2. The van der Waals surface area contributed by atoms with Gasteiger partial charge in [0.25, 0.3) is 0 Å². The van der Waals surface area contributed by atoms with Crippen molar-refractivity contribution in [3.05, 3.63) is 59.1 Å². The molecule has 0 saturated heterocycles. The molecule has 1 aromatic carbocycles. The van der Waals surface area contributed by atoms with Gasteiger partial charge in [-0.1, -0.05) is 47.3 Å². The Morgan fingerprint density at radius 1 is 1.24 bits per heavy atom. The summed E-state index contributed by atoms with van der Waals surface area (Å²) in [6.45, 7) is 4.66. The summed E-state index contributed by atoms with van der Waals surface area (Å²) < 4.78 is 5.49. The van der Waals surface area contributed by atoms with Crippen molar-refractivity contribution in [2.24, 2.45) is 0 Å². The van der Waals surface area contributed by atoms with Crippen molar-refractivity contribution < 1.29 is 4.52 Å². The Labute approximate surface area is 151 Å². The Kier molecular flexibility index (Phi) is 4.55. The number of rotatable bonds is 4. The second kappa shape index (κ2) is 6.98. The van der Waals surface area contributed by atoms with E-state index in [9.17, 15) is 0 Å². The van der Waals surface area contributed by atoms with E-state index in [2.05, 4.69) is 32.2 Å². The summed E-state index contributed by atoms with van der Waals surface area (Å²) in [4.78, 5) is 11.5. The molecular weight excluding hydrogens is 332 g/mol. The first-order valence-corrected chi connectivity index (χ1v) is 9.59. The van der Waals surface area contributed by atoms with Crippen LogP contribution < -0.4 is 0 Å². The maximum atomic E-state index is 5.49. The predicted octanol–water partition coefficient (Wildman–Crippen LogP) is 3.72. The molecule has 128 valence electrons. The van der Waals surface area contributed by atoms with Crippen LogP contribution in [0, 0.1) is 6.92 Å². The molecule has 0 spiro atoms. The van der Waals surface area contributed by atoms with Gasteiger partial charge in [0.2, 0.25) is 0 Å². The van der Waals surface area contributed by atoms with E-state index in [1.54, 1.807) is 11.8 Å². The van der Waals surface area contributed by atoms with Crippen LogP contribution in [0.3, 0.4) is 0 Å². The molecule has 0 bridgehead atoms. The zero-order valence-corrected chi connectivity index (χ0v) is 15.2. The Morgan fingerprint density at radius 2 is 2.08 bits per heavy atom. The standard InChI is InChI=1S/C19H20N4OS/c1-13-16(18(22-24-13)14-6-4-3-5-7-14)12-23-9-8-17-15(11-23)10-20-19(21-17)25-2/h3-7,10H,8-9,11-12H2,1-2H3. The third-order valence-electron chi connectivity index (χ3n) is 4.59. The van der Waals surface area contributed by atoms with Gasteiger partial charge in [0.15, 0.2) is 5.16 Å². The first-order chi connectivity index (χ1) is 12.2. The first-order valence-electron chi connectivity index (χ1n) is 8.36. The largest absolute Gasteiger partial charge is 0.361 e. The van der Waals surface area contributed by atoms with Gasteiger partial charge in [0.05, 0.1) is 5.69 Å². The van der Waals surface area contributed by atoms with Crippen molar-refractivity contribution in [2.75, 3.05) is 12.8 Å². The average molecular weight is 352 g/mol. The number of hydrogen-bond donors (Lipinski definition) is 0. The van der Waals surface area contributed by atoms with Gasteiger partial charge in [0.1, 0.15) is 11.5 Å². The lowest BCUT2D eigenvalue weighted by Crippen LogP contribution is -2.31. The van der Waals surface area contributed by atoms with Crippen LogP contribution in [0.5, 0.6) is 0 Å². The van der Waals surface area contributed by atoms with Crippen LogP contribution in [0.2, 0.25) is 0 Å². The van der Waals surface area contributed by atoms with E-state index < -0.39 is 0 Å². The van der Waals surface area contributed by atoms with E-state index >= 15 is 0 Å². The molecule has 0 radical (unpaired) electrons. The van der Waals surface area contributed by atoms with Gasteiger partial charge in [-0.2, -0.15) is 0 Å². The third kappa shape index (κ3) is 3.32. The Balaban J connectivity index is 1.56. The minimum Gasteiger partial charge on any atom is -0.361 e. The monoisotopic (exact) mass is 352 g/mol. The zero-order valence-electron chi connectivity index (χ0n) is 14.4. The number of hydrogen-bond acceptors (Lipinski definition) is 6. The molecule has 1 aliphatic rings. The molecule has 0 N–H and O–H groups in total. The van der Waals surface area contributed by atoms with Crippen LogP contribution in [0.1, 0.15) is 22.6 Å². The molecule has 2 aromatic heterocycles. The summed E-state index contributed by atoms with van der Waals surface area (Å²) in [5.74, 6) is 0.888. The molecular formula is C19H20N4OS. The fourth-order valence-corrected chi connectivity index (χ4v) is 3.57. The van der Waals surface area contributed by atoms with Gasteiger partial charge >= 0.3 is 0 Å². The molecule has 0 fully saturated rings. The van der Waals surface area contributed by atoms with E-state index in [0.29, 0.717) is 0 Å². The highest BCUT2D eigenvalue weighted by Crippen LogP contribution is 2.28. The van der Waals surface area contributed by atoms with Crippen molar-refractivity contribution >= 4 is 11.8 Å². The molecule has 0 aliphatic carbocycles. The Hall–Kier alpha value is -2.18. The van der Waals surface area contributed by atoms with E-state index in [0.717, 1.165) is 53.8 Å². The first kappa shape index (κ1) is 16.3. The predicted molar refractivity (Wildman–Crippen MR) is 98.3 cm³/mol. The van der Waals surface area contributed by atoms with Crippen molar-refractivity contribution in [2.45, 2.75) is 31.6 Å². The lowest BCUT2D eigenvalue weighted by Gasteiger charge is -2.27. The molecule has 1 aliphatic heterocycles. The van der Waals surface area contributed by atoms with Gasteiger partial charge in [-0.05, 0) is 13.2 Å². The Morgan fingerprint density at radius 3 is 2.88 bits per heavy atom. The summed E-state index contributed by atoms with van der Waals surface area (Å²) in [6.07, 6.45) is 4.94. The number of aryl methyl sites for hydroxylation is 1. The number of aromatic nitrogens is 3.